The van der Waals surface area contributed by atoms with Crippen molar-refractivity contribution in [1.82, 2.24) is 4.98 Å². The Morgan fingerprint density at radius 1 is 1.12 bits per heavy atom. The Labute approximate surface area is 106 Å². The average molecular weight is 244 g/mol. The number of pyridine rings is 1. The third kappa shape index (κ3) is 2.80. The average Bonchev–Trinajstić information content (AvgIpc) is 2.33. The van der Waals surface area contributed by atoms with Gasteiger partial charge in [-0.05, 0) is 37.1 Å². The van der Waals surface area contributed by atoms with Crippen molar-refractivity contribution in [1.29, 1.82) is 0 Å². The van der Waals surface area contributed by atoms with Crippen LogP contribution in [0.5, 0.6) is 0 Å². The summed E-state index contributed by atoms with van der Waals surface area (Å²) in [6.07, 6.45) is 1.84. The molecule has 0 saturated carbocycles. The molecule has 0 radical (unpaired) electrons. The Balaban J connectivity index is 2.13. The molecule has 88 valence electrons. The number of nitrogens with zero attached hydrogens (tertiary/aromatic N) is 1. The van der Waals surface area contributed by atoms with Crippen molar-refractivity contribution in [3.63, 3.8) is 0 Å². The van der Waals surface area contributed by atoms with Gasteiger partial charge in [-0.15, -0.1) is 11.8 Å². The normalized spacial score (nSPS) is 10.5. The first-order chi connectivity index (χ1) is 8.18. The summed E-state index contributed by atoms with van der Waals surface area (Å²) in [5.74, 6) is 0.861. The molecule has 0 amide bonds. The van der Waals surface area contributed by atoms with Gasteiger partial charge in [0.15, 0.2) is 0 Å². The lowest BCUT2D eigenvalue weighted by Crippen LogP contribution is -1.94. The monoisotopic (exact) mass is 244 g/mol. The lowest BCUT2D eigenvalue weighted by molar-refractivity contribution is 1.13. The summed E-state index contributed by atoms with van der Waals surface area (Å²) in [7, 11) is 0. The molecule has 0 spiro atoms. The Morgan fingerprint density at radius 2 is 1.88 bits per heavy atom. The molecule has 0 aliphatic rings. The summed E-state index contributed by atoms with van der Waals surface area (Å²) in [4.78, 5) is 5.52. The van der Waals surface area contributed by atoms with Gasteiger partial charge in [-0.2, -0.15) is 0 Å². The first-order valence-electron chi connectivity index (χ1n) is 5.57. The van der Waals surface area contributed by atoms with E-state index in [4.69, 9.17) is 5.73 Å². The molecule has 2 N–H and O–H groups in total. The quantitative estimate of drug-likeness (QED) is 0.662. The van der Waals surface area contributed by atoms with Gasteiger partial charge in [0.25, 0.3) is 0 Å². The minimum Gasteiger partial charge on any atom is -0.398 e. The predicted molar refractivity (Wildman–Crippen MR) is 74.1 cm³/mol. The molecule has 2 nitrogen and oxygen atoms in total. The molecule has 1 heterocycles. The highest BCUT2D eigenvalue weighted by Gasteiger charge is 2.04. The van der Waals surface area contributed by atoms with Gasteiger partial charge >= 0.3 is 0 Å². The number of hydrogen-bond donors (Lipinski definition) is 1. The highest BCUT2D eigenvalue weighted by molar-refractivity contribution is 7.98. The number of nitrogen functional groups attached to an aromatic ring is 1. The predicted octanol–water partition coefficient (Wildman–Crippen LogP) is 3.57. The van der Waals surface area contributed by atoms with E-state index < -0.39 is 0 Å². The molecule has 1 aromatic heterocycles. The summed E-state index contributed by atoms with van der Waals surface area (Å²) in [6.45, 7) is 4.12. The number of rotatable bonds is 3. The van der Waals surface area contributed by atoms with E-state index >= 15 is 0 Å². The van der Waals surface area contributed by atoms with Crippen LogP contribution in [0, 0.1) is 13.8 Å². The highest BCUT2D eigenvalue weighted by Crippen LogP contribution is 2.30. The van der Waals surface area contributed by atoms with Crippen molar-refractivity contribution in [2.24, 2.45) is 0 Å². The summed E-state index contributed by atoms with van der Waals surface area (Å²) in [5, 5.41) is 0. The Hall–Kier alpha value is -1.48. The SMILES string of the molecule is Cc1cccnc1CSc1cccc(C)c1N. The molecule has 17 heavy (non-hydrogen) atoms. The van der Waals surface area contributed by atoms with E-state index in [0.717, 1.165) is 27.6 Å². The summed E-state index contributed by atoms with van der Waals surface area (Å²) in [6, 6.07) is 10.2. The first kappa shape index (κ1) is 12.0. The molecule has 0 atom stereocenters. The third-order valence-corrected chi connectivity index (χ3v) is 3.85. The number of thioether (sulfide) groups is 1. The van der Waals surface area contributed by atoms with E-state index in [1.807, 2.05) is 31.3 Å². The molecule has 0 saturated heterocycles. The Kier molecular flexibility index (Phi) is 3.69. The molecule has 0 unspecified atom stereocenters. The summed E-state index contributed by atoms with van der Waals surface area (Å²) >= 11 is 1.74. The number of benzene rings is 1. The zero-order valence-electron chi connectivity index (χ0n) is 10.1. The molecule has 2 rings (SSSR count). The van der Waals surface area contributed by atoms with Crippen LogP contribution < -0.4 is 5.73 Å². The minimum absolute atomic E-state index is 0.861. The van der Waals surface area contributed by atoms with Crippen molar-refractivity contribution >= 4 is 17.4 Å². The first-order valence-corrected chi connectivity index (χ1v) is 6.55. The van der Waals surface area contributed by atoms with Gasteiger partial charge in [0.1, 0.15) is 0 Å². The standard InChI is InChI=1S/C14H16N2S/c1-10-6-4-8-16-12(10)9-17-13-7-3-5-11(2)14(13)15/h3-8H,9,15H2,1-2H3. The zero-order chi connectivity index (χ0) is 12.3. The van der Waals surface area contributed by atoms with E-state index in [1.165, 1.54) is 5.56 Å². The molecule has 0 bridgehead atoms. The maximum absolute atomic E-state index is 6.04. The van der Waals surface area contributed by atoms with Gasteiger partial charge in [0.2, 0.25) is 0 Å². The highest BCUT2D eigenvalue weighted by atomic mass is 32.2. The van der Waals surface area contributed by atoms with E-state index in [2.05, 4.69) is 24.0 Å². The molecule has 2 aromatic rings. The van der Waals surface area contributed by atoms with Crippen molar-refractivity contribution in [3.8, 4) is 0 Å². The topological polar surface area (TPSA) is 38.9 Å². The lowest BCUT2D eigenvalue weighted by atomic mass is 10.2. The minimum atomic E-state index is 0.861. The second kappa shape index (κ2) is 5.23. The maximum Gasteiger partial charge on any atom is 0.0535 e. The van der Waals surface area contributed by atoms with Crippen LogP contribution in [0.25, 0.3) is 0 Å². The largest absolute Gasteiger partial charge is 0.398 e. The van der Waals surface area contributed by atoms with E-state index in [1.54, 1.807) is 11.8 Å². The van der Waals surface area contributed by atoms with E-state index in [0.29, 0.717) is 0 Å². The van der Waals surface area contributed by atoms with Gasteiger partial charge in [0.05, 0.1) is 5.69 Å². The Morgan fingerprint density at radius 3 is 2.65 bits per heavy atom. The maximum atomic E-state index is 6.04. The number of anilines is 1. The third-order valence-electron chi connectivity index (χ3n) is 2.77. The molecule has 0 aliphatic carbocycles. The van der Waals surface area contributed by atoms with Crippen molar-refractivity contribution in [3.05, 3.63) is 53.3 Å². The lowest BCUT2D eigenvalue weighted by Gasteiger charge is -2.08. The van der Waals surface area contributed by atoms with Crippen molar-refractivity contribution in [2.45, 2.75) is 24.5 Å². The van der Waals surface area contributed by atoms with E-state index in [-0.39, 0.29) is 0 Å². The van der Waals surface area contributed by atoms with Crippen molar-refractivity contribution in [2.75, 3.05) is 5.73 Å². The number of para-hydroxylation sites is 1. The van der Waals surface area contributed by atoms with Crippen LogP contribution in [0.3, 0.4) is 0 Å². The van der Waals surface area contributed by atoms with Crippen LogP contribution in [0.15, 0.2) is 41.4 Å². The van der Waals surface area contributed by atoms with Crippen LogP contribution in [0.1, 0.15) is 16.8 Å². The van der Waals surface area contributed by atoms with Gasteiger partial charge in [-0.3, -0.25) is 4.98 Å². The fraction of sp³-hybridized carbons (Fsp3) is 0.214. The summed E-state index contributed by atoms with van der Waals surface area (Å²) < 4.78 is 0. The van der Waals surface area contributed by atoms with Crippen molar-refractivity contribution < 1.29 is 0 Å². The van der Waals surface area contributed by atoms with Gasteiger partial charge in [0, 0.05) is 22.5 Å². The second-order valence-electron chi connectivity index (χ2n) is 4.04. The molecule has 0 aliphatic heterocycles. The fourth-order valence-electron chi connectivity index (χ4n) is 1.60. The van der Waals surface area contributed by atoms with Gasteiger partial charge in [-0.1, -0.05) is 18.2 Å². The van der Waals surface area contributed by atoms with Gasteiger partial charge < -0.3 is 5.73 Å². The molecule has 3 heteroatoms. The van der Waals surface area contributed by atoms with Crippen LogP contribution in [0.4, 0.5) is 5.69 Å². The molecular formula is C14H16N2S. The smallest absolute Gasteiger partial charge is 0.0535 e. The number of aryl methyl sites for hydroxylation is 2. The fourth-order valence-corrected chi connectivity index (χ4v) is 2.68. The van der Waals surface area contributed by atoms with Crippen LogP contribution in [-0.2, 0) is 5.75 Å². The summed E-state index contributed by atoms with van der Waals surface area (Å²) in [5.41, 5.74) is 10.4. The molecule has 0 fully saturated rings. The number of hydrogen-bond acceptors (Lipinski definition) is 3. The molecule has 1 aromatic carbocycles. The Bertz CT molecular complexity index is 523. The van der Waals surface area contributed by atoms with Crippen LogP contribution in [-0.4, -0.2) is 4.98 Å². The second-order valence-corrected chi connectivity index (χ2v) is 5.06. The number of nitrogens with two attached hydrogens (primary N) is 1. The van der Waals surface area contributed by atoms with E-state index in [9.17, 15) is 0 Å². The number of aromatic nitrogens is 1. The zero-order valence-corrected chi connectivity index (χ0v) is 10.9. The van der Waals surface area contributed by atoms with Crippen LogP contribution >= 0.6 is 11.8 Å². The molecular weight excluding hydrogens is 228 g/mol. The van der Waals surface area contributed by atoms with Gasteiger partial charge in [-0.25, -0.2) is 0 Å². The van der Waals surface area contributed by atoms with Crippen LogP contribution in [0.2, 0.25) is 0 Å².